The molecule has 15 heteroatoms. The number of hydrogen-bond donors (Lipinski definition) is 0. The zero-order valence-corrected chi connectivity index (χ0v) is 25.4. The molecule has 0 spiro atoms. The van der Waals surface area contributed by atoms with Crippen molar-refractivity contribution in [1.82, 2.24) is 19.2 Å². The van der Waals surface area contributed by atoms with Crippen molar-refractivity contribution in [2.75, 3.05) is 19.7 Å². The predicted octanol–water partition coefficient (Wildman–Crippen LogP) is 5.85. The van der Waals surface area contributed by atoms with Gasteiger partial charge in [0, 0.05) is 30.4 Å². The van der Waals surface area contributed by atoms with Crippen LogP contribution in [0.3, 0.4) is 0 Å². The Balaban J connectivity index is 1.51. The summed E-state index contributed by atoms with van der Waals surface area (Å²) in [5, 5.41) is -0.515. The van der Waals surface area contributed by atoms with E-state index in [4.69, 9.17) is 25.2 Å². The van der Waals surface area contributed by atoms with Gasteiger partial charge in [0.25, 0.3) is 11.8 Å². The fourth-order valence-electron chi connectivity index (χ4n) is 4.94. The van der Waals surface area contributed by atoms with E-state index in [-0.39, 0.29) is 47.6 Å². The van der Waals surface area contributed by atoms with Crippen molar-refractivity contribution in [1.29, 1.82) is 0 Å². The molecule has 0 aromatic carbocycles. The van der Waals surface area contributed by atoms with E-state index < -0.39 is 55.8 Å². The largest absolute Gasteiger partial charge is 0.472 e. The molecule has 2 aliphatic rings. The zero-order chi connectivity index (χ0) is 30.8. The predicted molar refractivity (Wildman–Crippen MR) is 147 cm³/mol. The fraction of sp³-hybridized carbons (Fsp3) is 0.481. The van der Waals surface area contributed by atoms with Crippen LogP contribution in [0, 0.1) is 0 Å². The third kappa shape index (κ3) is 5.31. The maximum Gasteiger partial charge on any atom is 0.420 e. The van der Waals surface area contributed by atoms with Crippen molar-refractivity contribution in [2.24, 2.45) is 0 Å². The standard InChI is InChI=1S/C27H30ClF3N4O6Si/c1-26(2,3)42(4,5)41-19-12-33(8-6-18(19)35-20(36)14-40-25(35)38)24(37)21-22(28)34-11-16(15-7-9-39-13-15)10-17(23(34)32-21)27(29,30)31/h7,9-11,13,18-19H,6,8,12,14H2,1-5H3/t18-,19-/m1/s1. The van der Waals surface area contributed by atoms with Gasteiger partial charge >= 0.3 is 12.3 Å². The van der Waals surface area contributed by atoms with Gasteiger partial charge in [0.2, 0.25) is 0 Å². The molecule has 3 amide bonds. The molecule has 226 valence electrons. The van der Waals surface area contributed by atoms with Crippen LogP contribution in [0.1, 0.15) is 43.2 Å². The van der Waals surface area contributed by atoms with Crippen LogP contribution in [0.5, 0.6) is 0 Å². The lowest BCUT2D eigenvalue weighted by atomic mass is 10.00. The van der Waals surface area contributed by atoms with Gasteiger partial charge in [-0.25, -0.2) is 14.7 Å². The van der Waals surface area contributed by atoms with Crippen molar-refractivity contribution in [3.63, 3.8) is 0 Å². The molecular formula is C27H30ClF3N4O6Si. The number of furan rings is 1. The third-order valence-corrected chi connectivity index (χ3v) is 13.1. The number of pyridine rings is 1. The molecule has 42 heavy (non-hydrogen) atoms. The second kappa shape index (κ2) is 10.4. The summed E-state index contributed by atoms with van der Waals surface area (Å²) in [7, 11) is -2.48. The van der Waals surface area contributed by atoms with Crippen molar-refractivity contribution in [3.8, 4) is 11.1 Å². The van der Waals surface area contributed by atoms with E-state index in [0.29, 0.717) is 5.56 Å². The molecule has 3 aromatic heterocycles. The number of halogens is 4. The van der Waals surface area contributed by atoms with Crippen LogP contribution >= 0.6 is 11.6 Å². The topological polar surface area (TPSA) is 107 Å². The summed E-state index contributed by atoms with van der Waals surface area (Å²) < 4.78 is 59.9. The number of rotatable bonds is 5. The van der Waals surface area contributed by atoms with E-state index in [1.165, 1.54) is 29.7 Å². The number of amides is 3. The highest BCUT2D eigenvalue weighted by Gasteiger charge is 2.49. The molecule has 2 saturated heterocycles. The highest BCUT2D eigenvalue weighted by Crippen LogP contribution is 2.40. The smallest absolute Gasteiger partial charge is 0.420 e. The highest BCUT2D eigenvalue weighted by molar-refractivity contribution is 6.74. The molecule has 3 aromatic rings. The quantitative estimate of drug-likeness (QED) is 0.327. The Morgan fingerprint density at radius 1 is 1.19 bits per heavy atom. The summed E-state index contributed by atoms with van der Waals surface area (Å²) in [5.74, 6) is -1.19. The van der Waals surface area contributed by atoms with Crippen molar-refractivity contribution in [3.05, 3.63) is 47.3 Å². The van der Waals surface area contributed by atoms with Gasteiger partial charge in [0.05, 0.1) is 30.2 Å². The van der Waals surface area contributed by atoms with Crippen LogP contribution in [-0.2, 0) is 20.1 Å². The molecule has 2 atom stereocenters. The number of hydrogen-bond acceptors (Lipinski definition) is 7. The lowest BCUT2D eigenvalue weighted by molar-refractivity contribution is -0.136. The normalized spacial score (nSPS) is 20.5. The van der Waals surface area contributed by atoms with Gasteiger partial charge in [-0.1, -0.05) is 32.4 Å². The second-order valence-corrected chi connectivity index (χ2v) is 17.1. The van der Waals surface area contributed by atoms with E-state index in [2.05, 4.69) is 4.98 Å². The first-order valence-corrected chi connectivity index (χ1v) is 16.6. The highest BCUT2D eigenvalue weighted by atomic mass is 35.5. The summed E-state index contributed by atoms with van der Waals surface area (Å²) in [6.07, 6.45) is -2.15. The molecule has 5 heterocycles. The number of fused-ring (bicyclic) bond motifs is 1. The number of carbonyl (C=O) groups is 3. The van der Waals surface area contributed by atoms with Gasteiger partial charge in [0.15, 0.2) is 26.3 Å². The van der Waals surface area contributed by atoms with Crippen LogP contribution in [0.15, 0.2) is 35.3 Å². The monoisotopic (exact) mass is 626 g/mol. The van der Waals surface area contributed by atoms with E-state index in [1.54, 1.807) is 0 Å². The second-order valence-electron chi connectivity index (χ2n) is 11.9. The number of imidazole rings is 1. The van der Waals surface area contributed by atoms with E-state index in [0.717, 1.165) is 15.4 Å². The molecule has 10 nitrogen and oxygen atoms in total. The minimum absolute atomic E-state index is 0.0380. The first kappa shape index (κ1) is 30.1. The van der Waals surface area contributed by atoms with E-state index in [9.17, 15) is 27.6 Å². The number of alkyl halides is 3. The van der Waals surface area contributed by atoms with Gasteiger partial charge in [-0.05, 0) is 36.7 Å². The number of piperidine rings is 1. The number of likely N-dealkylation sites (tertiary alicyclic amines) is 1. The summed E-state index contributed by atoms with van der Waals surface area (Å²) in [6, 6.07) is 1.75. The first-order chi connectivity index (χ1) is 19.5. The number of nitrogens with zero attached hydrogens (tertiary/aromatic N) is 4. The summed E-state index contributed by atoms with van der Waals surface area (Å²) in [4.78, 5) is 45.2. The first-order valence-electron chi connectivity index (χ1n) is 13.3. The van der Waals surface area contributed by atoms with Crippen molar-refractivity contribution < 1.29 is 41.1 Å². The fourth-order valence-corrected chi connectivity index (χ4v) is 6.53. The lowest BCUT2D eigenvalue weighted by Gasteiger charge is -2.46. The van der Waals surface area contributed by atoms with Crippen LogP contribution in [0.25, 0.3) is 16.8 Å². The summed E-state index contributed by atoms with van der Waals surface area (Å²) >= 11 is 6.52. The van der Waals surface area contributed by atoms with Crippen LogP contribution in [0.2, 0.25) is 23.3 Å². The SMILES string of the molecule is CC(C)(C)[Si](C)(C)O[C@@H]1CN(C(=O)c2nc3c(C(F)(F)F)cc(-c4ccoc4)cn3c2Cl)CC[C@H]1N1C(=O)COC1=O. The maximum absolute atomic E-state index is 14.1. The molecule has 2 fully saturated rings. The Bertz CT molecular complexity index is 1530. The minimum Gasteiger partial charge on any atom is -0.472 e. The lowest BCUT2D eigenvalue weighted by Crippen LogP contribution is -2.60. The molecule has 5 rings (SSSR count). The van der Waals surface area contributed by atoms with Gasteiger partial charge < -0.3 is 18.5 Å². The Labute approximate surface area is 245 Å². The van der Waals surface area contributed by atoms with Gasteiger partial charge in [0.1, 0.15) is 5.15 Å². The molecular weight excluding hydrogens is 597 g/mol. The number of ether oxygens (including phenoxy) is 1. The van der Waals surface area contributed by atoms with E-state index >= 15 is 0 Å². The molecule has 0 N–H and O–H groups in total. The molecule has 2 aliphatic heterocycles. The Morgan fingerprint density at radius 2 is 1.90 bits per heavy atom. The summed E-state index contributed by atoms with van der Waals surface area (Å²) in [6.45, 7) is 9.77. The average Bonchev–Trinajstić information content (AvgIpc) is 3.62. The molecule has 0 radical (unpaired) electrons. The minimum atomic E-state index is -4.78. The van der Waals surface area contributed by atoms with Crippen LogP contribution in [0.4, 0.5) is 18.0 Å². The Morgan fingerprint density at radius 3 is 2.48 bits per heavy atom. The number of cyclic esters (lactones) is 1. The molecule has 0 unspecified atom stereocenters. The number of carbonyl (C=O) groups excluding carboxylic acids is 3. The Kier molecular flexibility index (Phi) is 7.47. The van der Waals surface area contributed by atoms with Crippen molar-refractivity contribution >= 4 is 43.5 Å². The third-order valence-electron chi connectivity index (χ3n) is 8.20. The molecule has 0 aliphatic carbocycles. The maximum atomic E-state index is 14.1. The van der Waals surface area contributed by atoms with Crippen molar-refractivity contribution in [2.45, 2.75) is 63.6 Å². The van der Waals surface area contributed by atoms with E-state index in [1.807, 2.05) is 33.9 Å². The van der Waals surface area contributed by atoms with Crippen LogP contribution in [-0.4, -0.2) is 77.3 Å². The Hall–Kier alpha value is -3.36. The van der Waals surface area contributed by atoms with Gasteiger partial charge in [-0.2, -0.15) is 13.2 Å². The molecule has 0 bridgehead atoms. The number of aromatic nitrogens is 2. The van der Waals surface area contributed by atoms with Gasteiger partial charge in [-0.3, -0.25) is 14.0 Å². The molecule has 0 saturated carbocycles. The van der Waals surface area contributed by atoms with Crippen LogP contribution < -0.4 is 0 Å². The zero-order valence-electron chi connectivity index (χ0n) is 23.6. The van der Waals surface area contributed by atoms with Gasteiger partial charge in [-0.15, -0.1) is 0 Å². The summed E-state index contributed by atoms with van der Waals surface area (Å²) in [5.41, 5.74) is -1.37. The average molecular weight is 627 g/mol. The number of imide groups is 1.